The van der Waals surface area contributed by atoms with Gasteiger partial charge in [-0.15, -0.1) is 11.3 Å². The average Bonchev–Trinajstić information content (AvgIpc) is 2.57. The minimum atomic E-state index is -3.83. The molecule has 102 valence electrons. The van der Waals surface area contributed by atoms with E-state index < -0.39 is 26.2 Å². The highest BCUT2D eigenvalue weighted by molar-refractivity contribution is 7.91. The third-order valence-electron chi connectivity index (χ3n) is 1.83. The highest BCUT2D eigenvalue weighted by Crippen LogP contribution is 2.36. The van der Waals surface area contributed by atoms with Gasteiger partial charge >= 0.3 is 0 Å². The Hall–Kier alpha value is -0.740. The first-order valence-electron chi connectivity index (χ1n) is 4.75. The first kappa shape index (κ1) is 15.3. The van der Waals surface area contributed by atoms with E-state index in [4.69, 9.17) is 17.3 Å². The molecule has 1 rings (SSSR count). The van der Waals surface area contributed by atoms with Crippen LogP contribution in [0.1, 0.15) is 13.8 Å². The zero-order valence-electron chi connectivity index (χ0n) is 9.64. The molecule has 0 saturated heterocycles. The van der Waals surface area contributed by atoms with Gasteiger partial charge in [-0.3, -0.25) is 10.1 Å². The van der Waals surface area contributed by atoms with Crippen molar-refractivity contribution in [3.8, 4) is 0 Å². The Kier molecular flexibility index (Phi) is 4.34. The molecule has 1 aromatic rings. The lowest BCUT2D eigenvalue weighted by Crippen LogP contribution is -2.44. The third kappa shape index (κ3) is 3.89. The molecule has 0 atom stereocenters. The molecule has 18 heavy (non-hydrogen) atoms. The Morgan fingerprint density at radius 1 is 1.61 bits per heavy atom. The minimum absolute atomic E-state index is 0.0125. The van der Waals surface area contributed by atoms with Crippen LogP contribution in [-0.4, -0.2) is 25.4 Å². The van der Waals surface area contributed by atoms with Crippen LogP contribution >= 0.6 is 22.9 Å². The molecule has 0 aromatic carbocycles. The molecule has 7 nitrogen and oxygen atoms in total. The van der Waals surface area contributed by atoms with Gasteiger partial charge in [-0.2, -0.15) is 0 Å². The summed E-state index contributed by atoms with van der Waals surface area (Å²) in [5.41, 5.74) is 4.50. The maximum Gasteiger partial charge on any atom is 0.300 e. The van der Waals surface area contributed by atoms with Crippen molar-refractivity contribution in [1.29, 1.82) is 0 Å². The normalized spacial score (nSPS) is 12.7. The summed E-state index contributed by atoms with van der Waals surface area (Å²) in [5.74, 6) is 0. The van der Waals surface area contributed by atoms with Crippen molar-refractivity contribution in [2.45, 2.75) is 23.6 Å². The fourth-order valence-electron chi connectivity index (χ4n) is 0.947. The van der Waals surface area contributed by atoms with E-state index in [1.165, 1.54) is 0 Å². The smallest absolute Gasteiger partial charge is 0.300 e. The van der Waals surface area contributed by atoms with Gasteiger partial charge in [0.05, 0.1) is 4.92 Å². The molecule has 10 heteroatoms. The van der Waals surface area contributed by atoms with E-state index in [-0.39, 0.29) is 15.1 Å². The predicted molar refractivity (Wildman–Crippen MR) is 69.4 cm³/mol. The van der Waals surface area contributed by atoms with Gasteiger partial charge in [-0.1, -0.05) is 11.6 Å². The van der Waals surface area contributed by atoms with Crippen LogP contribution < -0.4 is 10.5 Å². The SMILES string of the molecule is CC(C)(N)CNS(=O)(=O)c1cc([N+](=O)[O-])c(Cl)s1. The van der Waals surface area contributed by atoms with Crippen LogP contribution in [0.15, 0.2) is 10.3 Å². The Balaban J connectivity index is 2.99. The molecule has 0 amide bonds. The van der Waals surface area contributed by atoms with Crippen molar-refractivity contribution >= 4 is 38.6 Å². The van der Waals surface area contributed by atoms with Crippen LogP contribution in [0.25, 0.3) is 0 Å². The lowest BCUT2D eigenvalue weighted by molar-refractivity contribution is -0.384. The maximum absolute atomic E-state index is 11.8. The third-order valence-corrected chi connectivity index (χ3v) is 5.04. The number of nitrogens with one attached hydrogen (secondary N) is 1. The summed E-state index contributed by atoms with van der Waals surface area (Å²) < 4.78 is 25.6. The van der Waals surface area contributed by atoms with Gasteiger partial charge in [0.1, 0.15) is 4.21 Å². The molecule has 0 spiro atoms. The van der Waals surface area contributed by atoms with E-state index in [2.05, 4.69) is 4.72 Å². The van der Waals surface area contributed by atoms with Crippen molar-refractivity contribution in [2.75, 3.05) is 6.54 Å². The summed E-state index contributed by atoms with van der Waals surface area (Å²) in [6, 6.07) is 0.929. The van der Waals surface area contributed by atoms with E-state index in [1.54, 1.807) is 13.8 Å². The Labute approximate surface area is 113 Å². The summed E-state index contributed by atoms with van der Waals surface area (Å²) in [5, 5.41) is 10.6. The molecule has 0 saturated carbocycles. The average molecular weight is 314 g/mol. The monoisotopic (exact) mass is 313 g/mol. The molecule has 1 aromatic heterocycles. The van der Waals surface area contributed by atoms with Crippen LogP contribution in [0.5, 0.6) is 0 Å². The Bertz CT molecular complexity index is 561. The first-order chi connectivity index (χ1) is 8.03. The maximum atomic E-state index is 11.8. The Morgan fingerprint density at radius 2 is 2.17 bits per heavy atom. The lowest BCUT2D eigenvalue weighted by atomic mass is 10.1. The van der Waals surface area contributed by atoms with E-state index in [1.807, 2.05) is 0 Å². The topological polar surface area (TPSA) is 115 Å². The van der Waals surface area contributed by atoms with Gasteiger partial charge in [0, 0.05) is 18.2 Å². The molecule has 0 fully saturated rings. The second kappa shape index (κ2) is 5.10. The molecule has 3 N–H and O–H groups in total. The second-order valence-corrected chi connectivity index (χ2v) is 7.94. The number of sulfonamides is 1. The van der Waals surface area contributed by atoms with Crippen molar-refractivity contribution < 1.29 is 13.3 Å². The van der Waals surface area contributed by atoms with Crippen molar-refractivity contribution in [1.82, 2.24) is 4.72 Å². The van der Waals surface area contributed by atoms with Gasteiger partial charge in [-0.05, 0) is 13.8 Å². The van der Waals surface area contributed by atoms with Crippen molar-refractivity contribution in [3.63, 3.8) is 0 Å². The zero-order valence-corrected chi connectivity index (χ0v) is 12.0. The number of rotatable bonds is 5. The highest BCUT2D eigenvalue weighted by atomic mass is 35.5. The molecular weight excluding hydrogens is 302 g/mol. The lowest BCUT2D eigenvalue weighted by Gasteiger charge is -2.18. The van der Waals surface area contributed by atoms with Gasteiger partial charge in [-0.25, -0.2) is 13.1 Å². The summed E-state index contributed by atoms with van der Waals surface area (Å²) in [7, 11) is -3.83. The van der Waals surface area contributed by atoms with Crippen molar-refractivity contribution in [2.24, 2.45) is 5.73 Å². The van der Waals surface area contributed by atoms with Gasteiger partial charge in [0.2, 0.25) is 10.0 Å². The fraction of sp³-hybridized carbons (Fsp3) is 0.500. The largest absolute Gasteiger partial charge is 0.324 e. The predicted octanol–water partition coefficient (Wildman–Crippen LogP) is 1.33. The quantitative estimate of drug-likeness (QED) is 0.628. The number of nitrogens with two attached hydrogens (primary N) is 1. The summed E-state index contributed by atoms with van der Waals surface area (Å²) in [4.78, 5) is 9.84. The standard InChI is InChI=1S/C8H12ClN3O4S2/c1-8(2,10)4-11-18(15,16)6-3-5(12(13)14)7(9)17-6/h3,11H,4,10H2,1-2H3. The minimum Gasteiger partial charge on any atom is -0.324 e. The van der Waals surface area contributed by atoms with Gasteiger partial charge in [0.25, 0.3) is 5.69 Å². The highest BCUT2D eigenvalue weighted by Gasteiger charge is 2.26. The van der Waals surface area contributed by atoms with Gasteiger partial charge in [0.15, 0.2) is 4.34 Å². The molecule has 0 bridgehead atoms. The van der Waals surface area contributed by atoms with E-state index in [0.29, 0.717) is 11.3 Å². The van der Waals surface area contributed by atoms with Crippen LogP contribution in [0.2, 0.25) is 4.34 Å². The molecule has 1 heterocycles. The molecule has 0 aliphatic heterocycles. The molecule has 0 aliphatic rings. The number of hydrogen-bond donors (Lipinski definition) is 2. The van der Waals surface area contributed by atoms with Gasteiger partial charge < -0.3 is 5.73 Å². The van der Waals surface area contributed by atoms with Crippen LogP contribution in [0, 0.1) is 10.1 Å². The number of nitrogens with zero attached hydrogens (tertiary/aromatic N) is 1. The second-order valence-electron chi connectivity index (χ2n) is 4.29. The number of hydrogen-bond acceptors (Lipinski definition) is 6. The zero-order chi connectivity index (χ0) is 14.1. The molecule has 0 radical (unpaired) electrons. The number of halogens is 1. The van der Waals surface area contributed by atoms with E-state index in [0.717, 1.165) is 6.07 Å². The summed E-state index contributed by atoms with van der Waals surface area (Å²) in [6.07, 6.45) is 0. The van der Waals surface area contributed by atoms with Crippen LogP contribution in [0.3, 0.4) is 0 Å². The van der Waals surface area contributed by atoms with Crippen molar-refractivity contribution in [3.05, 3.63) is 20.5 Å². The summed E-state index contributed by atoms with van der Waals surface area (Å²) >= 11 is 6.23. The molecule has 0 unspecified atom stereocenters. The first-order valence-corrected chi connectivity index (χ1v) is 7.43. The fourth-order valence-corrected chi connectivity index (χ4v) is 3.88. The van der Waals surface area contributed by atoms with Crippen LogP contribution in [0.4, 0.5) is 5.69 Å². The number of thiophene rings is 1. The molecular formula is C8H12ClN3O4S2. The van der Waals surface area contributed by atoms with Crippen LogP contribution in [-0.2, 0) is 10.0 Å². The number of nitro groups is 1. The van der Waals surface area contributed by atoms with E-state index >= 15 is 0 Å². The summed E-state index contributed by atoms with van der Waals surface area (Å²) in [6.45, 7) is 3.32. The molecule has 0 aliphatic carbocycles. The van der Waals surface area contributed by atoms with E-state index in [9.17, 15) is 18.5 Å². The Morgan fingerprint density at radius 3 is 2.56 bits per heavy atom.